The monoisotopic (exact) mass is 265 g/mol. The van der Waals surface area contributed by atoms with Gasteiger partial charge in [-0.05, 0) is 6.42 Å². The van der Waals surface area contributed by atoms with Crippen molar-refractivity contribution in [1.29, 1.82) is 0 Å². The lowest BCUT2D eigenvalue weighted by Gasteiger charge is -2.31. The van der Waals surface area contributed by atoms with E-state index in [0.717, 1.165) is 51.2 Å². The number of rotatable bonds is 6. The van der Waals surface area contributed by atoms with Crippen LogP contribution in [-0.2, 0) is 9.47 Å². The lowest BCUT2D eigenvalue weighted by molar-refractivity contribution is -0.0241. The van der Waals surface area contributed by atoms with E-state index in [1.165, 1.54) is 0 Å². The third kappa shape index (κ3) is 4.73. The van der Waals surface area contributed by atoms with Crippen molar-refractivity contribution in [3.8, 4) is 0 Å². The largest absolute Gasteiger partial charge is 0.380 e. The Morgan fingerprint density at radius 2 is 2.36 bits per heavy atom. The molecule has 1 atom stereocenters. The van der Waals surface area contributed by atoms with Crippen LogP contribution in [-0.4, -0.2) is 55.8 Å². The highest BCUT2D eigenvalue weighted by atomic mass is 79.9. The van der Waals surface area contributed by atoms with Crippen LogP contribution in [0.5, 0.6) is 0 Å². The van der Waals surface area contributed by atoms with Crippen molar-refractivity contribution < 1.29 is 9.47 Å². The summed E-state index contributed by atoms with van der Waals surface area (Å²) in [6.45, 7) is 7.82. The Morgan fingerprint density at radius 1 is 1.50 bits per heavy atom. The van der Waals surface area contributed by atoms with Gasteiger partial charge >= 0.3 is 0 Å². The maximum absolute atomic E-state index is 5.56. The van der Waals surface area contributed by atoms with Crippen LogP contribution in [0.2, 0.25) is 0 Å². The fourth-order valence-electron chi connectivity index (χ4n) is 1.52. The summed E-state index contributed by atoms with van der Waals surface area (Å²) in [7, 11) is 0. The number of nitrogens with zero attached hydrogens (tertiary/aromatic N) is 1. The summed E-state index contributed by atoms with van der Waals surface area (Å²) < 4.78 is 11.0. The second-order valence-corrected chi connectivity index (χ2v) is 4.21. The highest BCUT2D eigenvalue weighted by molar-refractivity contribution is 9.09. The van der Waals surface area contributed by atoms with Crippen LogP contribution in [0.4, 0.5) is 0 Å². The van der Waals surface area contributed by atoms with Gasteiger partial charge < -0.3 is 9.47 Å². The summed E-state index contributed by atoms with van der Waals surface area (Å²) in [5.41, 5.74) is 0. The summed E-state index contributed by atoms with van der Waals surface area (Å²) in [6.07, 6.45) is 1.46. The van der Waals surface area contributed by atoms with Crippen molar-refractivity contribution in [2.75, 3.05) is 44.8 Å². The first-order valence-corrected chi connectivity index (χ1v) is 6.46. The van der Waals surface area contributed by atoms with Gasteiger partial charge in [0.05, 0.1) is 19.3 Å². The zero-order chi connectivity index (χ0) is 10.2. The van der Waals surface area contributed by atoms with E-state index < -0.39 is 0 Å². The van der Waals surface area contributed by atoms with E-state index in [0.29, 0.717) is 6.10 Å². The van der Waals surface area contributed by atoms with Crippen LogP contribution in [0, 0.1) is 0 Å². The maximum Gasteiger partial charge on any atom is 0.0799 e. The van der Waals surface area contributed by atoms with E-state index in [4.69, 9.17) is 9.47 Å². The molecule has 4 heteroatoms. The third-order valence-corrected chi connectivity index (χ3v) is 3.02. The van der Waals surface area contributed by atoms with Crippen LogP contribution < -0.4 is 0 Å². The van der Waals surface area contributed by atoms with E-state index >= 15 is 0 Å². The zero-order valence-electron chi connectivity index (χ0n) is 8.88. The molecule has 1 rings (SSSR count). The quantitative estimate of drug-likeness (QED) is 0.537. The number of morpholine rings is 1. The van der Waals surface area contributed by atoms with Crippen LogP contribution in [0.1, 0.15) is 13.3 Å². The topological polar surface area (TPSA) is 21.7 Å². The van der Waals surface area contributed by atoms with Gasteiger partial charge in [0.2, 0.25) is 0 Å². The molecular weight excluding hydrogens is 246 g/mol. The normalized spacial score (nSPS) is 24.0. The number of hydrogen-bond acceptors (Lipinski definition) is 3. The van der Waals surface area contributed by atoms with Crippen molar-refractivity contribution in [2.45, 2.75) is 19.4 Å². The second-order valence-electron chi connectivity index (χ2n) is 3.56. The minimum absolute atomic E-state index is 0.356. The molecule has 1 aliphatic rings. The Balaban J connectivity index is 2.05. The Hall–Kier alpha value is 0.360. The van der Waals surface area contributed by atoms with E-state index in [9.17, 15) is 0 Å². The van der Waals surface area contributed by atoms with Crippen molar-refractivity contribution in [3.05, 3.63) is 0 Å². The standard InChI is InChI=1S/C10H20BrNO2/c1-2-5-13-6-3-12-4-7-14-10(8-11)9-12/h10H,2-9H2,1H3. The second kappa shape index (κ2) is 7.63. The summed E-state index contributed by atoms with van der Waals surface area (Å²) >= 11 is 3.45. The van der Waals surface area contributed by atoms with E-state index in [1.54, 1.807) is 0 Å². The summed E-state index contributed by atoms with van der Waals surface area (Å²) in [6, 6.07) is 0. The molecule has 0 N–H and O–H groups in total. The molecule has 0 spiro atoms. The molecule has 0 aliphatic carbocycles. The molecule has 1 fully saturated rings. The molecule has 0 radical (unpaired) electrons. The lowest BCUT2D eigenvalue weighted by Crippen LogP contribution is -2.44. The van der Waals surface area contributed by atoms with Crippen molar-refractivity contribution in [1.82, 2.24) is 4.90 Å². The van der Waals surface area contributed by atoms with Gasteiger partial charge in [0, 0.05) is 31.6 Å². The SMILES string of the molecule is CCCOCCN1CCOC(CBr)C1. The predicted molar refractivity (Wildman–Crippen MR) is 61.1 cm³/mol. The van der Waals surface area contributed by atoms with E-state index in [-0.39, 0.29) is 0 Å². The summed E-state index contributed by atoms with van der Waals surface area (Å²) in [5.74, 6) is 0. The van der Waals surface area contributed by atoms with Gasteiger partial charge in [0.1, 0.15) is 0 Å². The fourth-order valence-corrected chi connectivity index (χ4v) is 1.91. The average molecular weight is 266 g/mol. The fraction of sp³-hybridized carbons (Fsp3) is 1.00. The van der Waals surface area contributed by atoms with Gasteiger partial charge in [-0.1, -0.05) is 22.9 Å². The first-order valence-electron chi connectivity index (χ1n) is 5.34. The van der Waals surface area contributed by atoms with Gasteiger partial charge in [-0.15, -0.1) is 0 Å². The molecule has 84 valence electrons. The lowest BCUT2D eigenvalue weighted by atomic mass is 10.3. The molecule has 0 amide bonds. The van der Waals surface area contributed by atoms with Crippen LogP contribution in [0.3, 0.4) is 0 Å². The van der Waals surface area contributed by atoms with Gasteiger partial charge in [-0.25, -0.2) is 0 Å². The minimum Gasteiger partial charge on any atom is -0.380 e. The molecule has 1 aliphatic heterocycles. The van der Waals surface area contributed by atoms with Crippen LogP contribution >= 0.6 is 15.9 Å². The Morgan fingerprint density at radius 3 is 3.07 bits per heavy atom. The Bertz CT molecular complexity index is 146. The molecule has 1 saturated heterocycles. The molecule has 0 aromatic rings. The zero-order valence-corrected chi connectivity index (χ0v) is 10.5. The van der Waals surface area contributed by atoms with Gasteiger partial charge in [-0.3, -0.25) is 4.90 Å². The summed E-state index contributed by atoms with van der Waals surface area (Å²) in [5, 5.41) is 0.930. The Kier molecular flexibility index (Phi) is 6.77. The predicted octanol–water partition coefficient (Wildman–Crippen LogP) is 1.51. The molecular formula is C10H20BrNO2. The number of alkyl halides is 1. The summed E-state index contributed by atoms with van der Waals surface area (Å²) in [4.78, 5) is 2.41. The van der Waals surface area contributed by atoms with E-state index in [1.807, 2.05) is 0 Å². The third-order valence-electron chi connectivity index (χ3n) is 2.30. The molecule has 0 bridgehead atoms. The number of hydrogen-bond donors (Lipinski definition) is 0. The van der Waals surface area contributed by atoms with Gasteiger partial charge in [0.25, 0.3) is 0 Å². The highest BCUT2D eigenvalue weighted by Gasteiger charge is 2.18. The minimum atomic E-state index is 0.356. The van der Waals surface area contributed by atoms with Crippen molar-refractivity contribution in [2.24, 2.45) is 0 Å². The molecule has 3 nitrogen and oxygen atoms in total. The molecule has 1 heterocycles. The van der Waals surface area contributed by atoms with Crippen molar-refractivity contribution in [3.63, 3.8) is 0 Å². The average Bonchev–Trinajstić information content (AvgIpc) is 2.25. The number of ether oxygens (including phenoxy) is 2. The smallest absolute Gasteiger partial charge is 0.0799 e. The van der Waals surface area contributed by atoms with Crippen LogP contribution in [0.15, 0.2) is 0 Å². The van der Waals surface area contributed by atoms with Crippen molar-refractivity contribution >= 4 is 15.9 Å². The highest BCUT2D eigenvalue weighted by Crippen LogP contribution is 2.06. The number of halogens is 1. The first-order chi connectivity index (χ1) is 6.86. The molecule has 0 aromatic heterocycles. The molecule has 1 unspecified atom stereocenters. The molecule has 0 aromatic carbocycles. The van der Waals surface area contributed by atoms with E-state index in [2.05, 4.69) is 27.8 Å². The maximum atomic E-state index is 5.56. The molecule has 14 heavy (non-hydrogen) atoms. The molecule has 0 saturated carbocycles. The Labute approximate surface area is 94.9 Å². The van der Waals surface area contributed by atoms with Crippen LogP contribution in [0.25, 0.3) is 0 Å². The first kappa shape index (κ1) is 12.4. The van der Waals surface area contributed by atoms with Gasteiger partial charge in [-0.2, -0.15) is 0 Å². The van der Waals surface area contributed by atoms with Gasteiger partial charge in [0.15, 0.2) is 0 Å².